The maximum Gasteiger partial charge on any atom is 0.250 e. The van der Waals surface area contributed by atoms with Crippen LogP contribution in [0.4, 0.5) is 0 Å². The van der Waals surface area contributed by atoms with E-state index in [0.29, 0.717) is 6.54 Å². The van der Waals surface area contributed by atoms with Crippen LogP contribution in [0.5, 0.6) is 0 Å². The highest BCUT2D eigenvalue weighted by atomic mass is 16.3. The average molecular weight is 224 g/mol. The number of rotatable bonds is 5. The molecule has 1 aromatic heterocycles. The van der Waals surface area contributed by atoms with E-state index < -0.39 is 0 Å². The molecule has 1 aromatic rings. The van der Waals surface area contributed by atoms with Crippen LogP contribution in [-0.2, 0) is 11.3 Å². The van der Waals surface area contributed by atoms with Gasteiger partial charge in [0.05, 0.1) is 0 Å². The number of pyridine rings is 1. The van der Waals surface area contributed by atoms with Crippen molar-refractivity contribution in [3.63, 3.8) is 0 Å². The second-order valence-corrected chi connectivity index (χ2v) is 3.76. The van der Waals surface area contributed by atoms with Crippen LogP contribution < -0.4 is 10.9 Å². The molecular weight excluding hydrogens is 208 g/mol. The fraction of sp³-hybridized carbons (Fsp3) is 0.455. The van der Waals surface area contributed by atoms with E-state index in [0.717, 1.165) is 0 Å². The lowest BCUT2D eigenvalue weighted by Gasteiger charge is -2.10. The van der Waals surface area contributed by atoms with Crippen molar-refractivity contribution in [3.8, 4) is 0 Å². The first kappa shape index (κ1) is 12.4. The topological polar surface area (TPSA) is 71.3 Å². The van der Waals surface area contributed by atoms with Gasteiger partial charge >= 0.3 is 0 Å². The summed E-state index contributed by atoms with van der Waals surface area (Å²) in [7, 11) is 0. The molecule has 1 rings (SSSR count). The van der Waals surface area contributed by atoms with Crippen LogP contribution in [0, 0.1) is 5.92 Å². The largest absolute Gasteiger partial charge is 0.396 e. The summed E-state index contributed by atoms with van der Waals surface area (Å²) in [4.78, 5) is 22.7. The first-order valence-corrected chi connectivity index (χ1v) is 5.16. The lowest BCUT2D eigenvalue weighted by Crippen LogP contribution is -2.34. The molecule has 1 atom stereocenters. The van der Waals surface area contributed by atoms with Crippen LogP contribution in [0.2, 0.25) is 0 Å². The Morgan fingerprint density at radius 2 is 2.31 bits per heavy atom. The zero-order valence-electron chi connectivity index (χ0n) is 9.22. The summed E-state index contributed by atoms with van der Waals surface area (Å²) in [6.45, 7) is 2.29. The van der Waals surface area contributed by atoms with E-state index in [4.69, 9.17) is 5.11 Å². The second-order valence-electron chi connectivity index (χ2n) is 3.76. The molecule has 0 spiro atoms. The molecule has 0 aromatic carbocycles. The van der Waals surface area contributed by atoms with Gasteiger partial charge in [-0.2, -0.15) is 0 Å². The van der Waals surface area contributed by atoms with E-state index in [2.05, 4.69) is 5.32 Å². The van der Waals surface area contributed by atoms with Gasteiger partial charge in [-0.25, -0.2) is 0 Å². The normalized spacial score (nSPS) is 12.1. The SMILES string of the molecule is CC(CO)CNC(=O)Cn1ccccc1=O. The van der Waals surface area contributed by atoms with Gasteiger partial charge in [0.1, 0.15) is 6.54 Å². The van der Waals surface area contributed by atoms with Crippen molar-refractivity contribution in [1.82, 2.24) is 9.88 Å². The van der Waals surface area contributed by atoms with Crippen LogP contribution in [0.25, 0.3) is 0 Å². The summed E-state index contributed by atoms with van der Waals surface area (Å²) in [5.41, 5.74) is -0.201. The first-order chi connectivity index (χ1) is 7.63. The predicted molar refractivity (Wildman–Crippen MR) is 60.0 cm³/mol. The lowest BCUT2D eigenvalue weighted by molar-refractivity contribution is -0.121. The molecule has 5 nitrogen and oxygen atoms in total. The monoisotopic (exact) mass is 224 g/mol. The molecule has 16 heavy (non-hydrogen) atoms. The number of carbonyl (C=O) groups excluding carboxylic acids is 1. The second kappa shape index (κ2) is 6.07. The minimum atomic E-state index is -0.228. The van der Waals surface area contributed by atoms with Crippen LogP contribution in [0.1, 0.15) is 6.92 Å². The van der Waals surface area contributed by atoms with Crippen molar-refractivity contribution in [2.24, 2.45) is 5.92 Å². The minimum absolute atomic E-state index is 0.0117. The molecule has 0 radical (unpaired) electrons. The van der Waals surface area contributed by atoms with Crippen LogP contribution in [-0.4, -0.2) is 28.7 Å². The molecule has 2 N–H and O–H groups in total. The molecule has 1 unspecified atom stereocenters. The van der Waals surface area contributed by atoms with Crippen LogP contribution in [0.3, 0.4) is 0 Å². The van der Waals surface area contributed by atoms with Gasteiger partial charge < -0.3 is 15.0 Å². The number of amides is 1. The third kappa shape index (κ3) is 3.86. The van der Waals surface area contributed by atoms with Gasteiger partial charge in [-0.05, 0) is 12.0 Å². The standard InChI is InChI=1S/C11H16N2O3/c1-9(8-14)6-12-10(15)7-13-5-3-2-4-11(13)16/h2-5,9,14H,6-8H2,1H3,(H,12,15). The number of hydrogen-bond donors (Lipinski definition) is 2. The summed E-state index contributed by atoms with van der Waals surface area (Å²) in [5, 5.41) is 11.4. The predicted octanol–water partition coefficient (Wildman–Crippen LogP) is -0.407. The summed E-state index contributed by atoms with van der Waals surface area (Å²) in [6, 6.07) is 4.74. The maximum absolute atomic E-state index is 11.4. The Morgan fingerprint density at radius 3 is 2.94 bits per heavy atom. The Morgan fingerprint density at radius 1 is 1.56 bits per heavy atom. The lowest BCUT2D eigenvalue weighted by atomic mass is 10.2. The third-order valence-electron chi connectivity index (χ3n) is 2.17. The van der Waals surface area contributed by atoms with Crippen molar-refractivity contribution in [2.75, 3.05) is 13.2 Å². The van der Waals surface area contributed by atoms with E-state index in [-0.39, 0.29) is 30.5 Å². The minimum Gasteiger partial charge on any atom is -0.396 e. The highest BCUT2D eigenvalue weighted by Gasteiger charge is 2.05. The van der Waals surface area contributed by atoms with E-state index in [1.165, 1.54) is 10.6 Å². The van der Waals surface area contributed by atoms with Gasteiger partial charge in [-0.3, -0.25) is 9.59 Å². The summed E-state index contributed by atoms with van der Waals surface area (Å²) >= 11 is 0. The van der Waals surface area contributed by atoms with E-state index in [1.54, 1.807) is 18.3 Å². The van der Waals surface area contributed by atoms with Crippen molar-refractivity contribution in [3.05, 3.63) is 34.7 Å². The summed E-state index contributed by atoms with van der Waals surface area (Å²) in [5.74, 6) is -0.204. The molecule has 5 heteroatoms. The van der Waals surface area contributed by atoms with E-state index >= 15 is 0 Å². The molecule has 0 saturated heterocycles. The number of hydrogen-bond acceptors (Lipinski definition) is 3. The molecule has 0 aliphatic carbocycles. The van der Waals surface area contributed by atoms with Crippen LogP contribution in [0.15, 0.2) is 29.2 Å². The third-order valence-corrected chi connectivity index (χ3v) is 2.17. The number of aliphatic hydroxyl groups is 1. The summed E-state index contributed by atoms with van der Waals surface area (Å²) in [6.07, 6.45) is 1.57. The molecule has 1 heterocycles. The zero-order chi connectivity index (χ0) is 12.0. The van der Waals surface area contributed by atoms with E-state index in [1.807, 2.05) is 6.92 Å². The number of aromatic nitrogens is 1. The van der Waals surface area contributed by atoms with Gasteiger partial charge in [-0.1, -0.05) is 13.0 Å². The number of nitrogens with zero attached hydrogens (tertiary/aromatic N) is 1. The molecular formula is C11H16N2O3. The van der Waals surface area contributed by atoms with Crippen molar-refractivity contribution in [1.29, 1.82) is 0 Å². The summed E-state index contributed by atoms with van der Waals surface area (Å²) < 4.78 is 1.33. The maximum atomic E-state index is 11.4. The van der Waals surface area contributed by atoms with E-state index in [9.17, 15) is 9.59 Å². The van der Waals surface area contributed by atoms with Crippen molar-refractivity contribution >= 4 is 5.91 Å². The Kier molecular flexibility index (Phi) is 4.72. The Hall–Kier alpha value is -1.62. The van der Waals surface area contributed by atoms with Gasteiger partial charge in [0, 0.05) is 25.4 Å². The molecule has 0 aliphatic heterocycles. The number of nitrogens with one attached hydrogen (secondary N) is 1. The molecule has 0 saturated carbocycles. The molecule has 0 bridgehead atoms. The highest BCUT2D eigenvalue weighted by Crippen LogP contribution is 1.89. The van der Waals surface area contributed by atoms with Gasteiger partial charge in [0.2, 0.25) is 5.91 Å². The smallest absolute Gasteiger partial charge is 0.250 e. The highest BCUT2D eigenvalue weighted by molar-refractivity contribution is 5.75. The molecule has 88 valence electrons. The Balaban J connectivity index is 2.46. The Bertz CT molecular complexity index is 400. The molecule has 0 fully saturated rings. The number of aliphatic hydroxyl groups excluding tert-OH is 1. The Labute approximate surface area is 93.7 Å². The molecule has 0 aliphatic rings. The van der Waals surface area contributed by atoms with Gasteiger partial charge in [-0.15, -0.1) is 0 Å². The zero-order valence-corrected chi connectivity index (χ0v) is 9.22. The molecule has 1 amide bonds. The average Bonchev–Trinajstić information content (AvgIpc) is 2.29. The van der Waals surface area contributed by atoms with Gasteiger partial charge in [0.15, 0.2) is 0 Å². The van der Waals surface area contributed by atoms with Crippen LogP contribution >= 0.6 is 0 Å². The van der Waals surface area contributed by atoms with Crippen molar-refractivity contribution < 1.29 is 9.90 Å². The quantitative estimate of drug-likeness (QED) is 0.714. The number of carbonyl (C=O) groups is 1. The van der Waals surface area contributed by atoms with Crippen molar-refractivity contribution in [2.45, 2.75) is 13.5 Å². The fourth-order valence-corrected chi connectivity index (χ4v) is 1.15. The van der Waals surface area contributed by atoms with Gasteiger partial charge in [0.25, 0.3) is 5.56 Å². The first-order valence-electron chi connectivity index (χ1n) is 5.16. The fourth-order valence-electron chi connectivity index (χ4n) is 1.15.